The zero-order valence-electron chi connectivity index (χ0n) is 10.6. The lowest BCUT2D eigenvalue weighted by molar-refractivity contribution is -0.142. The van der Waals surface area contributed by atoms with Crippen LogP contribution in [0.15, 0.2) is 18.3 Å². The summed E-state index contributed by atoms with van der Waals surface area (Å²) >= 11 is 0. The molecule has 0 saturated heterocycles. The van der Waals surface area contributed by atoms with Crippen molar-refractivity contribution in [2.75, 3.05) is 5.73 Å². The summed E-state index contributed by atoms with van der Waals surface area (Å²) in [7, 11) is 0. The molecule has 0 unspecified atom stereocenters. The number of hydrogen-bond donors (Lipinski definition) is 3. The van der Waals surface area contributed by atoms with Crippen LogP contribution in [-0.4, -0.2) is 28.0 Å². The molecular formula is C12H17N3O3. The number of nitrogens with two attached hydrogens (primary N) is 1. The van der Waals surface area contributed by atoms with Crippen molar-refractivity contribution in [1.82, 2.24) is 10.3 Å². The number of carbonyl (C=O) groups excluding carboxylic acids is 1. The number of nitrogens with one attached hydrogen (secondary N) is 1. The smallest absolute Gasteiger partial charge is 0.326 e. The summed E-state index contributed by atoms with van der Waals surface area (Å²) in [6.07, 6.45) is 1.43. The highest BCUT2D eigenvalue weighted by atomic mass is 16.4. The highest BCUT2D eigenvalue weighted by Crippen LogP contribution is 2.20. The average Bonchev–Trinajstić information content (AvgIpc) is 2.24. The summed E-state index contributed by atoms with van der Waals surface area (Å²) in [6.45, 7) is 5.19. The number of carbonyl (C=O) groups is 2. The van der Waals surface area contributed by atoms with E-state index in [1.807, 2.05) is 0 Å². The minimum atomic E-state index is -1.09. The molecule has 0 fully saturated rings. The Hall–Kier alpha value is -2.11. The lowest BCUT2D eigenvalue weighted by Crippen LogP contribution is -2.49. The fourth-order valence-electron chi connectivity index (χ4n) is 1.46. The summed E-state index contributed by atoms with van der Waals surface area (Å²) in [6, 6.07) is 2.13. The quantitative estimate of drug-likeness (QED) is 0.740. The molecule has 98 valence electrons. The predicted molar refractivity (Wildman–Crippen MR) is 67.0 cm³/mol. The SMILES string of the molecule is CC(C)(C)[C@@H](NC(=O)c1ncccc1N)C(=O)O. The van der Waals surface area contributed by atoms with E-state index in [1.54, 1.807) is 26.8 Å². The van der Waals surface area contributed by atoms with E-state index in [9.17, 15) is 9.59 Å². The highest BCUT2D eigenvalue weighted by Gasteiger charge is 2.33. The van der Waals surface area contributed by atoms with E-state index in [2.05, 4.69) is 10.3 Å². The second-order valence-corrected chi connectivity index (χ2v) is 5.05. The van der Waals surface area contributed by atoms with Gasteiger partial charge in [-0.3, -0.25) is 4.79 Å². The van der Waals surface area contributed by atoms with Crippen LogP contribution >= 0.6 is 0 Å². The lowest BCUT2D eigenvalue weighted by atomic mass is 9.86. The Morgan fingerprint density at radius 3 is 2.50 bits per heavy atom. The third-order valence-electron chi connectivity index (χ3n) is 2.44. The molecule has 6 nitrogen and oxygen atoms in total. The van der Waals surface area contributed by atoms with Gasteiger partial charge in [-0.25, -0.2) is 9.78 Å². The molecule has 0 aliphatic carbocycles. The second-order valence-electron chi connectivity index (χ2n) is 5.05. The van der Waals surface area contributed by atoms with E-state index in [4.69, 9.17) is 10.8 Å². The molecule has 1 amide bonds. The van der Waals surface area contributed by atoms with Gasteiger partial charge in [0.1, 0.15) is 6.04 Å². The maximum Gasteiger partial charge on any atom is 0.326 e. The van der Waals surface area contributed by atoms with Crippen molar-refractivity contribution in [2.45, 2.75) is 26.8 Å². The Morgan fingerprint density at radius 1 is 1.44 bits per heavy atom. The average molecular weight is 251 g/mol. The van der Waals surface area contributed by atoms with E-state index in [0.717, 1.165) is 0 Å². The number of carboxylic acid groups (broad SMARTS) is 1. The van der Waals surface area contributed by atoms with Crippen LogP contribution in [0.4, 0.5) is 5.69 Å². The number of rotatable bonds is 3. The first-order valence-corrected chi connectivity index (χ1v) is 5.47. The Balaban J connectivity index is 2.93. The molecule has 0 radical (unpaired) electrons. The summed E-state index contributed by atoms with van der Waals surface area (Å²) in [5.41, 5.74) is 5.26. The Kier molecular flexibility index (Phi) is 3.90. The molecule has 0 saturated carbocycles. The topological polar surface area (TPSA) is 105 Å². The molecule has 4 N–H and O–H groups in total. The fraction of sp³-hybridized carbons (Fsp3) is 0.417. The van der Waals surface area contributed by atoms with Crippen LogP contribution in [0.3, 0.4) is 0 Å². The Morgan fingerprint density at radius 2 is 2.06 bits per heavy atom. The first-order chi connectivity index (χ1) is 8.23. The maximum atomic E-state index is 11.9. The highest BCUT2D eigenvalue weighted by molar-refractivity contribution is 5.99. The van der Waals surface area contributed by atoms with E-state index in [-0.39, 0.29) is 11.4 Å². The summed E-state index contributed by atoms with van der Waals surface area (Å²) in [5.74, 6) is -1.68. The largest absolute Gasteiger partial charge is 0.480 e. The lowest BCUT2D eigenvalue weighted by Gasteiger charge is -2.27. The van der Waals surface area contributed by atoms with Crippen molar-refractivity contribution >= 4 is 17.6 Å². The number of pyridine rings is 1. The van der Waals surface area contributed by atoms with Crippen molar-refractivity contribution in [1.29, 1.82) is 0 Å². The first kappa shape index (κ1) is 14.0. The van der Waals surface area contributed by atoms with E-state index in [1.165, 1.54) is 12.3 Å². The number of anilines is 1. The summed E-state index contributed by atoms with van der Waals surface area (Å²) in [5, 5.41) is 11.5. The van der Waals surface area contributed by atoms with Gasteiger partial charge in [-0.1, -0.05) is 20.8 Å². The van der Waals surface area contributed by atoms with Crippen LogP contribution in [0.25, 0.3) is 0 Å². The van der Waals surface area contributed by atoms with Crippen LogP contribution in [0.2, 0.25) is 0 Å². The van der Waals surface area contributed by atoms with Gasteiger partial charge in [-0.05, 0) is 17.5 Å². The van der Waals surface area contributed by atoms with Crippen molar-refractivity contribution in [3.05, 3.63) is 24.0 Å². The minimum absolute atomic E-state index is 0.0352. The fourth-order valence-corrected chi connectivity index (χ4v) is 1.46. The van der Waals surface area contributed by atoms with Gasteiger partial charge in [0.25, 0.3) is 5.91 Å². The normalized spacial score (nSPS) is 12.8. The van der Waals surface area contributed by atoms with Crippen LogP contribution in [0.1, 0.15) is 31.3 Å². The third kappa shape index (κ3) is 3.19. The maximum absolute atomic E-state index is 11.9. The number of carboxylic acids is 1. The van der Waals surface area contributed by atoms with Gasteiger partial charge in [0.05, 0.1) is 5.69 Å². The number of amides is 1. The number of hydrogen-bond acceptors (Lipinski definition) is 4. The van der Waals surface area contributed by atoms with Gasteiger partial charge in [-0.15, -0.1) is 0 Å². The van der Waals surface area contributed by atoms with Crippen LogP contribution in [0, 0.1) is 5.41 Å². The van der Waals surface area contributed by atoms with Crippen molar-refractivity contribution in [2.24, 2.45) is 5.41 Å². The molecule has 1 atom stereocenters. The number of aliphatic carboxylic acids is 1. The van der Waals surface area contributed by atoms with Crippen molar-refractivity contribution in [3.63, 3.8) is 0 Å². The van der Waals surface area contributed by atoms with Crippen LogP contribution < -0.4 is 11.1 Å². The van der Waals surface area contributed by atoms with Crippen molar-refractivity contribution in [3.8, 4) is 0 Å². The third-order valence-corrected chi connectivity index (χ3v) is 2.44. The van der Waals surface area contributed by atoms with Crippen LogP contribution in [0.5, 0.6) is 0 Å². The molecule has 0 spiro atoms. The number of aromatic nitrogens is 1. The molecule has 6 heteroatoms. The van der Waals surface area contributed by atoms with E-state index in [0.29, 0.717) is 0 Å². The van der Waals surface area contributed by atoms with Crippen molar-refractivity contribution < 1.29 is 14.7 Å². The molecule has 0 bridgehead atoms. The van der Waals surface area contributed by atoms with Gasteiger partial charge in [0.15, 0.2) is 5.69 Å². The molecular weight excluding hydrogens is 234 g/mol. The van der Waals surface area contributed by atoms with Crippen LogP contribution in [-0.2, 0) is 4.79 Å². The predicted octanol–water partition coefficient (Wildman–Crippen LogP) is 0.893. The molecule has 1 heterocycles. The number of nitrogen functional groups attached to an aromatic ring is 1. The van der Waals surface area contributed by atoms with Gasteiger partial charge in [0, 0.05) is 6.20 Å². The van der Waals surface area contributed by atoms with Gasteiger partial charge < -0.3 is 16.2 Å². The van der Waals surface area contributed by atoms with Gasteiger partial charge >= 0.3 is 5.97 Å². The Bertz CT molecular complexity index is 466. The zero-order valence-corrected chi connectivity index (χ0v) is 10.6. The molecule has 0 aromatic carbocycles. The minimum Gasteiger partial charge on any atom is -0.480 e. The molecule has 0 aliphatic rings. The van der Waals surface area contributed by atoms with Gasteiger partial charge in [-0.2, -0.15) is 0 Å². The Labute approximate surface area is 105 Å². The zero-order chi connectivity index (χ0) is 13.9. The van der Waals surface area contributed by atoms with E-state index < -0.39 is 23.3 Å². The molecule has 1 aromatic heterocycles. The standard InChI is InChI=1S/C12H17N3O3/c1-12(2,3)9(11(17)18)15-10(16)8-7(13)5-4-6-14-8/h4-6,9H,13H2,1-3H3,(H,15,16)(H,17,18)/t9-/m0/s1. The molecule has 0 aliphatic heterocycles. The summed E-state index contributed by atoms with van der Waals surface area (Å²) in [4.78, 5) is 26.9. The first-order valence-electron chi connectivity index (χ1n) is 5.47. The van der Waals surface area contributed by atoms with E-state index >= 15 is 0 Å². The summed E-state index contributed by atoms with van der Waals surface area (Å²) < 4.78 is 0. The second kappa shape index (κ2) is 5.03. The number of nitrogens with zero attached hydrogens (tertiary/aromatic N) is 1. The molecule has 1 rings (SSSR count). The monoisotopic (exact) mass is 251 g/mol. The molecule has 1 aromatic rings. The molecule has 18 heavy (non-hydrogen) atoms. The van der Waals surface area contributed by atoms with Gasteiger partial charge in [0.2, 0.25) is 0 Å².